The highest BCUT2D eigenvalue weighted by atomic mass is 35.5. The zero-order valence-electron chi connectivity index (χ0n) is 13.5. The molecule has 0 saturated heterocycles. The van der Waals surface area contributed by atoms with Gasteiger partial charge >= 0.3 is 0 Å². The van der Waals surface area contributed by atoms with E-state index in [-0.39, 0.29) is 0 Å². The van der Waals surface area contributed by atoms with Gasteiger partial charge in [-0.1, -0.05) is 29.8 Å². The lowest BCUT2D eigenvalue weighted by atomic mass is 9.97. The minimum atomic E-state index is 0.354. The van der Waals surface area contributed by atoms with Crippen LogP contribution in [0.15, 0.2) is 18.2 Å². The molecule has 1 heterocycles. The Hall–Kier alpha value is -1.32. The van der Waals surface area contributed by atoms with Gasteiger partial charge in [0.2, 0.25) is 0 Å². The summed E-state index contributed by atoms with van der Waals surface area (Å²) in [4.78, 5) is 0. The van der Waals surface area contributed by atoms with Crippen LogP contribution in [0.3, 0.4) is 0 Å². The van der Waals surface area contributed by atoms with Crippen molar-refractivity contribution in [2.75, 3.05) is 7.05 Å². The lowest BCUT2D eigenvalue weighted by molar-refractivity contribution is 0.555. The fraction of sp³-hybridized carbons (Fsp3) is 0.471. The summed E-state index contributed by atoms with van der Waals surface area (Å²) in [5.74, 6) is 0. The van der Waals surface area contributed by atoms with Gasteiger partial charge in [0.05, 0.1) is 5.69 Å². The van der Waals surface area contributed by atoms with Crippen LogP contribution in [0, 0.1) is 20.8 Å². The van der Waals surface area contributed by atoms with Crippen molar-refractivity contribution in [1.82, 2.24) is 15.1 Å². The fourth-order valence-electron chi connectivity index (χ4n) is 2.64. The van der Waals surface area contributed by atoms with Crippen LogP contribution in [0.5, 0.6) is 0 Å². The Bertz CT molecular complexity index is 631. The predicted octanol–water partition coefficient (Wildman–Crippen LogP) is 3.37. The van der Waals surface area contributed by atoms with Crippen molar-refractivity contribution in [3.05, 3.63) is 51.3 Å². The first-order valence-corrected chi connectivity index (χ1v) is 7.71. The predicted molar refractivity (Wildman–Crippen MR) is 89.1 cm³/mol. The van der Waals surface area contributed by atoms with E-state index in [1.807, 2.05) is 21.0 Å². The minimum Gasteiger partial charge on any atom is -0.316 e. The summed E-state index contributed by atoms with van der Waals surface area (Å²) in [7, 11) is 3.89. The molecule has 1 N–H and O–H groups in total. The molecule has 0 saturated carbocycles. The molecule has 0 bridgehead atoms. The van der Waals surface area contributed by atoms with Gasteiger partial charge in [-0.15, -0.1) is 0 Å². The highest BCUT2D eigenvalue weighted by molar-refractivity contribution is 6.30. The van der Waals surface area contributed by atoms with E-state index in [4.69, 9.17) is 11.6 Å². The van der Waals surface area contributed by atoms with Crippen molar-refractivity contribution < 1.29 is 0 Å². The number of benzene rings is 1. The van der Waals surface area contributed by atoms with Crippen LogP contribution < -0.4 is 5.32 Å². The van der Waals surface area contributed by atoms with Gasteiger partial charge in [-0.3, -0.25) is 4.68 Å². The van der Waals surface area contributed by atoms with Gasteiger partial charge in [0.15, 0.2) is 0 Å². The summed E-state index contributed by atoms with van der Waals surface area (Å²) >= 11 is 6.34. The van der Waals surface area contributed by atoms with E-state index < -0.39 is 0 Å². The van der Waals surface area contributed by atoms with Gasteiger partial charge in [-0.05, 0) is 57.4 Å². The van der Waals surface area contributed by atoms with Crippen molar-refractivity contribution in [3.8, 4) is 0 Å². The number of hydrogen-bond acceptors (Lipinski definition) is 2. The minimum absolute atomic E-state index is 0.354. The van der Waals surface area contributed by atoms with E-state index in [0.29, 0.717) is 6.04 Å². The molecule has 2 rings (SSSR count). The van der Waals surface area contributed by atoms with E-state index in [1.165, 1.54) is 16.7 Å². The fourth-order valence-corrected chi connectivity index (χ4v) is 2.90. The van der Waals surface area contributed by atoms with Crippen LogP contribution >= 0.6 is 11.6 Å². The molecule has 3 nitrogen and oxygen atoms in total. The van der Waals surface area contributed by atoms with Crippen LogP contribution in [0.4, 0.5) is 0 Å². The first kappa shape index (κ1) is 16.1. The standard InChI is InChI=1S/C17H24ClN3/c1-11-6-7-14(8-12(11)2)9-15(19-4)10-16-13(3)20-21(5)17(16)18/h6-8,15,19H,9-10H2,1-5H3. The number of aryl methyl sites for hydroxylation is 4. The molecule has 1 atom stereocenters. The third kappa shape index (κ3) is 3.66. The second kappa shape index (κ2) is 6.63. The smallest absolute Gasteiger partial charge is 0.130 e. The molecule has 1 aromatic carbocycles. The van der Waals surface area contributed by atoms with Crippen molar-refractivity contribution in [2.24, 2.45) is 7.05 Å². The number of hydrogen-bond donors (Lipinski definition) is 1. The van der Waals surface area contributed by atoms with Crippen LogP contribution in [0.1, 0.15) is 27.9 Å². The van der Waals surface area contributed by atoms with Crippen LogP contribution in [0.2, 0.25) is 5.15 Å². The van der Waals surface area contributed by atoms with E-state index in [0.717, 1.165) is 29.3 Å². The summed E-state index contributed by atoms with van der Waals surface area (Å²) in [6.45, 7) is 6.33. The van der Waals surface area contributed by atoms with Crippen LogP contribution in [-0.2, 0) is 19.9 Å². The lowest BCUT2D eigenvalue weighted by Gasteiger charge is -2.17. The molecule has 0 spiro atoms. The molecule has 1 aromatic heterocycles. The Labute approximate surface area is 132 Å². The summed E-state index contributed by atoms with van der Waals surface area (Å²) in [6.07, 6.45) is 1.88. The average molecular weight is 306 g/mol. The summed E-state index contributed by atoms with van der Waals surface area (Å²) in [6, 6.07) is 7.04. The van der Waals surface area contributed by atoms with Gasteiger partial charge in [-0.2, -0.15) is 5.10 Å². The quantitative estimate of drug-likeness (QED) is 0.918. The van der Waals surface area contributed by atoms with Gasteiger partial charge < -0.3 is 5.32 Å². The maximum Gasteiger partial charge on any atom is 0.130 e. The Morgan fingerprint density at radius 1 is 1.19 bits per heavy atom. The van der Waals surface area contributed by atoms with E-state index in [9.17, 15) is 0 Å². The van der Waals surface area contributed by atoms with E-state index in [2.05, 4.69) is 42.5 Å². The zero-order chi connectivity index (χ0) is 15.6. The second-order valence-corrected chi connectivity index (χ2v) is 6.15. The largest absolute Gasteiger partial charge is 0.316 e. The molecular weight excluding hydrogens is 282 g/mol. The third-order valence-corrected chi connectivity index (χ3v) is 4.65. The summed E-state index contributed by atoms with van der Waals surface area (Å²) in [5, 5.41) is 8.53. The molecule has 0 aliphatic rings. The topological polar surface area (TPSA) is 29.9 Å². The maximum atomic E-state index is 6.34. The zero-order valence-corrected chi connectivity index (χ0v) is 14.3. The van der Waals surface area contributed by atoms with E-state index >= 15 is 0 Å². The molecule has 0 amide bonds. The first-order chi connectivity index (χ1) is 9.92. The summed E-state index contributed by atoms with van der Waals surface area (Å²) < 4.78 is 1.75. The molecule has 0 radical (unpaired) electrons. The Morgan fingerprint density at radius 3 is 2.43 bits per heavy atom. The number of nitrogens with zero attached hydrogens (tertiary/aromatic N) is 2. The van der Waals surface area contributed by atoms with Gasteiger partial charge in [0.25, 0.3) is 0 Å². The molecule has 114 valence electrons. The highest BCUT2D eigenvalue weighted by Crippen LogP contribution is 2.21. The van der Waals surface area contributed by atoms with E-state index in [1.54, 1.807) is 4.68 Å². The molecule has 0 aliphatic carbocycles. The molecule has 1 unspecified atom stereocenters. The molecule has 4 heteroatoms. The number of rotatable bonds is 5. The molecule has 0 aliphatic heterocycles. The molecular formula is C17H24ClN3. The molecule has 21 heavy (non-hydrogen) atoms. The Morgan fingerprint density at radius 2 is 1.90 bits per heavy atom. The SMILES string of the molecule is CNC(Cc1ccc(C)c(C)c1)Cc1c(C)nn(C)c1Cl. The lowest BCUT2D eigenvalue weighted by Crippen LogP contribution is -2.30. The van der Waals surface area contributed by atoms with Crippen molar-refractivity contribution >= 4 is 11.6 Å². The summed E-state index contributed by atoms with van der Waals surface area (Å²) in [5.41, 5.74) is 6.20. The number of halogens is 1. The van der Waals surface area contributed by atoms with Gasteiger partial charge in [-0.25, -0.2) is 0 Å². The normalized spacial score (nSPS) is 12.7. The average Bonchev–Trinajstić information content (AvgIpc) is 2.68. The van der Waals surface area contributed by atoms with Gasteiger partial charge in [0, 0.05) is 18.7 Å². The second-order valence-electron chi connectivity index (χ2n) is 5.79. The van der Waals surface area contributed by atoms with Crippen molar-refractivity contribution in [1.29, 1.82) is 0 Å². The highest BCUT2D eigenvalue weighted by Gasteiger charge is 2.16. The third-order valence-electron chi connectivity index (χ3n) is 4.18. The van der Waals surface area contributed by atoms with Crippen molar-refractivity contribution in [3.63, 3.8) is 0 Å². The van der Waals surface area contributed by atoms with Crippen molar-refractivity contribution in [2.45, 2.75) is 39.7 Å². The number of nitrogens with one attached hydrogen (secondary N) is 1. The molecule has 0 fully saturated rings. The number of aromatic nitrogens is 2. The monoisotopic (exact) mass is 305 g/mol. The Kier molecular flexibility index (Phi) is 5.07. The Balaban J connectivity index is 2.14. The number of likely N-dealkylation sites (N-methyl/N-ethyl adjacent to an activating group) is 1. The van der Waals surface area contributed by atoms with Gasteiger partial charge in [0.1, 0.15) is 5.15 Å². The molecule has 2 aromatic rings. The van der Waals surface area contributed by atoms with Crippen LogP contribution in [-0.4, -0.2) is 22.9 Å². The van der Waals surface area contributed by atoms with Crippen LogP contribution in [0.25, 0.3) is 0 Å². The first-order valence-electron chi connectivity index (χ1n) is 7.33. The maximum absolute atomic E-state index is 6.34.